The predicted molar refractivity (Wildman–Crippen MR) is 106 cm³/mol. The number of nitrogens with two attached hydrogens (primary N) is 1. The summed E-state index contributed by atoms with van der Waals surface area (Å²) in [5, 5.41) is 4.07. The van der Waals surface area contributed by atoms with Gasteiger partial charge in [-0.05, 0) is 30.2 Å². The van der Waals surface area contributed by atoms with Crippen molar-refractivity contribution in [1.29, 1.82) is 0 Å². The van der Waals surface area contributed by atoms with Gasteiger partial charge in [0.05, 0.1) is 0 Å². The number of hydrogen-bond donors (Lipinski definition) is 2. The van der Waals surface area contributed by atoms with Crippen molar-refractivity contribution in [3.63, 3.8) is 0 Å². The van der Waals surface area contributed by atoms with Crippen LogP contribution in [0.3, 0.4) is 0 Å². The van der Waals surface area contributed by atoms with E-state index in [9.17, 15) is 8.42 Å². The molecule has 0 saturated carbocycles. The topological polar surface area (TPSA) is 115 Å². The fraction of sp³-hybridized carbons (Fsp3) is 0.105. The molecule has 0 aliphatic rings. The van der Waals surface area contributed by atoms with Crippen molar-refractivity contribution in [3.8, 4) is 11.1 Å². The van der Waals surface area contributed by atoms with Gasteiger partial charge in [-0.15, -0.1) is 5.10 Å². The molecule has 0 bridgehead atoms. The molecule has 28 heavy (non-hydrogen) atoms. The minimum atomic E-state index is -3.67. The molecule has 1 aromatic carbocycles. The Bertz CT molecular complexity index is 1220. The molecule has 0 radical (unpaired) electrons. The summed E-state index contributed by atoms with van der Waals surface area (Å²) < 4.78 is 29.4. The van der Waals surface area contributed by atoms with Gasteiger partial charge in [0, 0.05) is 36.3 Å². The number of nitrogens with zero attached hydrogens (tertiary/aromatic N) is 4. The van der Waals surface area contributed by atoms with E-state index in [-0.39, 0.29) is 10.8 Å². The summed E-state index contributed by atoms with van der Waals surface area (Å²) in [6, 6.07) is 14.9. The third-order valence-electron chi connectivity index (χ3n) is 4.25. The van der Waals surface area contributed by atoms with Crippen molar-refractivity contribution in [3.05, 3.63) is 72.7 Å². The van der Waals surface area contributed by atoms with E-state index in [4.69, 9.17) is 5.73 Å². The van der Waals surface area contributed by atoms with Gasteiger partial charge in [0.25, 0.3) is 0 Å². The van der Waals surface area contributed by atoms with Crippen LogP contribution in [0, 0.1) is 0 Å². The first-order valence-corrected chi connectivity index (χ1v) is 10.1. The minimum Gasteiger partial charge on any atom is -0.366 e. The Labute approximate surface area is 162 Å². The van der Waals surface area contributed by atoms with Crippen molar-refractivity contribution in [2.24, 2.45) is 0 Å². The van der Waals surface area contributed by atoms with Crippen LogP contribution in [0.25, 0.3) is 16.8 Å². The fourth-order valence-electron chi connectivity index (χ4n) is 2.85. The molecule has 9 heteroatoms. The van der Waals surface area contributed by atoms with Crippen LogP contribution in [0.4, 0.5) is 5.95 Å². The lowest BCUT2D eigenvalue weighted by atomic mass is 10.1. The lowest BCUT2D eigenvalue weighted by Crippen LogP contribution is -2.26. The first kappa shape index (κ1) is 18.1. The Balaban J connectivity index is 1.54. The van der Waals surface area contributed by atoms with Gasteiger partial charge in [-0.1, -0.05) is 30.3 Å². The number of rotatable bonds is 6. The third kappa shape index (κ3) is 3.85. The molecule has 4 aromatic rings. The van der Waals surface area contributed by atoms with E-state index in [2.05, 4.69) is 19.8 Å². The quantitative estimate of drug-likeness (QED) is 0.516. The normalized spacial score (nSPS) is 11.7. The summed E-state index contributed by atoms with van der Waals surface area (Å²) in [6.07, 6.45) is 5.28. The highest BCUT2D eigenvalue weighted by Gasteiger charge is 2.15. The fourth-order valence-corrected chi connectivity index (χ4v) is 3.87. The molecule has 0 unspecified atom stereocenters. The predicted octanol–water partition coefficient (Wildman–Crippen LogP) is 1.89. The van der Waals surface area contributed by atoms with Crippen LogP contribution in [0.15, 0.2) is 72.0 Å². The monoisotopic (exact) mass is 394 g/mol. The van der Waals surface area contributed by atoms with Crippen molar-refractivity contribution in [1.82, 2.24) is 24.3 Å². The lowest BCUT2D eigenvalue weighted by Gasteiger charge is -2.08. The van der Waals surface area contributed by atoms with Gasteiger partial charge in [-0.25, -0.2) is 17.7 Å². The maximum atomic E-state index is 12.6. The lowest BCUT2D eigenvalue weighted by molar-refractivity contribution is 0.581. The van der Waals surface area contributed by atoms with E-state index in [0.717, 1.165) is 11.1 Å². The van der Waals surface area contributed by atoms with Crippen LogP contribution in [0.5, 0.6) is 0 Å². The summed E-state index contributed by atoms with van der Waals surface area (Å²) in [6.45, 7) is 0.306. The van der Waals surface area contributed by atoms with Gasteiger partial charge in [-0.3, -0.25) is 4.98 Å². The standard InChI is InChI=1S/C19H18N6O2S/c20-19-23-18-7-6-15(13-25(18)24-19)16-10-17(12-21-11-16)28(26,27)22-9-8-14-4-2-1-3-5-14/h1-7,10-13,22H,8-9H2,(H2,20,24). The second kappa shape index (κ2) is 7.37. The highest BCUT2D eigenvalue weighted by Crippen LogP contribution is 2.22. The summed E-state index contributed by atoms with van der Waals surface area (Å²) in [5.74, 6) is 0.175. The third-order valence-corrected chi connectivity index (χ3v) is 5.68. The van der Waals surface area contributed by atoms with Crippen LogP contribution in [-0.4, -0.2) is 34.5 Å². The molecule has 0 spiro atoms. The van der Waals surface area contributed by atoms with Gasteiger partial charge in [0.1, 0.15) is 4.90 Å². The second-order valence-electron chi connectivity index (χ2n) is 6.23. The number of nitrogen functional groups attached to an aromatic ring is 1. The summed E-state index contributed by atoms with van der Waals surface area (Å²) in [7, 11) is -3.67. The molecule has 0 saturated heterocycles. The minimum absolute atomic E-state index is 0.108. The van der Waals surface area contributed by atoms with Crippen molar-refractivity contribution in [2.45, 2.75) is 11.3 Å². The number of sulfonamides is 1. The Morgan fingerprint density at radius 3 is 2.68 bits per heavy atom. The number of anilines is 1. The summed E-state index contributed by atoms with van der Waals surface area (Å²) in [4.78, 5) is 8.27. The molecule has 8 nitrogen and oxygen atoms in total. The van der Waals surface area contributed by atoms with E-state index in [1.165, 1.54) is 6.20 Å². The molecule has 0 amide bonds. The Morgan fingerprint density at radius 1 is 1.04 bits per heavy atom. The van der Waals surface area contributed by atoms with Gasteiger partial charge < -0.3 is 5.73 Å². The van der Waals surface area contributed by atoms with E-state index < -0.39 is 10.0 Å². The highest BCUT2D eigenvalue weighted by molar-refractivity contribution is 7.89. The molecule has 3 aromatic heterocycles. The molecule has 3 N–H and O–H groups in total. The Hall–Kier alpha value is -3.30. The zero-order chi connectivity index (χ0) is 19.6. The highest BCUT2D eigenvalue weighted by atomic mass is 32.2. The van der Waals surface area contributed by atoms with Crippen molar-refractivity contribution >= 4 is 21.6 Å². The first-order valence-electron chi connectivity index (χ1n) is 8.62. The molecule has 142 valence electrons. The van der Waals surface area contributed by atoms with E-state index in [0.29, 0.717) is 24.2 Å². The largest absolute Gasteiger partial charge is 0.366 e. The van der Waals surface area contributed by atoms with E-state index in [1.807, 2.05) is 36.4 Å². The molecule has 0 aliphatic heterocycles. The second-order valence-corrected chi connectivity index (χ2v) is 8.00. The number of benzene rings is 1. The average Bonchev–Trinajstić information content (AvgIpc) is 3.08. The zero-order valence-corrected chi connectivity index (χ0v) is 15.7. The van der Waals surface area contributed by atoms with E-state index >= 15 is 0 Å². The van der Waals surface area contributed by atoms with Gasteiger partial charge in [-0.2, -0.15) is 4.98 Å². The molecule has 3 heterocycles. The van der Waals surface area contributed by atoms with Crippen LogP contribution in [0.2, 0.25) is 0 Å². The van der Waals surface area contributed by atoms with Crippen molar-refractivity contribution < 1.29 is 8.42 Å². The Kier molecular flexibility index (Phi) is 4.76. The van der Waals surface area contributed by atoms with E-state index in [1.54, 1.807) is 29.0 Å². The van der Waals surface area contributed by atoms with Crippen molar-refractivity contribution in [2.75, 3.05) is 12.3 Å². The first-order chi connectivity index (χ1) is 13.5. The molecular formula is C19H18N6O2S. The number of aromatic nitrogens is 4. The Morgan fingerprint density at radius 2 is 1.86 bits per heavy atom. The SMILES string of the molecule is Nc1nc2ccc(-c3cncc(S(=O)(=O)NCCc4ccccc4)c3)cn2n1. The van der Waals surface area contributed by atoms with Crippen LogP contribution in [0.1, 0.15) is 5.56 Å². The van der Waals surface area contributed by atoms with Crippen LogP contribution < -0.4 is 10.5 Å². The average molecular weight is 394 g/mol. The smallest absolute Gasteiger partial charge is 0.242 e. The van der Waals surface area contributed by atoms with Gasteiger partial charge in [0.15, 0.2) is 5.65 Å². The molecule has 0 fully saturated rings. The van der Waals surface area contributed by atoms with Crippen LogP contribution >= 0.6 is 0 Å². The maximum Gasteiger partial charge on any atom is 0.242 e. The molecule has 4 rings (SSSR count). The van der Waals surface area contributed by atoms with Crippen LogP contribution in [-0.2, 0) is 16.4 Å². The molecule has 0 atom stereocenters. The summed E-state index contributed by atoms with van der Waals surface area (Å²) >= 11 is 0. The molecule has 0 aliphatic carbocycles. The van der Waals surface area contributed by atoms with Gasteiger partial charge in [0.2, 0.25) is 16.0 Å². The number of nitrogens with one attached hydrogen (secondary N) is 1. The number of pyridine rings is 2. The van der Waals surface area contributed by atoms with Gasteiger partial charge >= 0.3 is 0 Å². The number of fused-ring (bicyclic) bond motifs is 1. The summed E-state index contributed by atoms with van der Waals surface area (Å²) in [5.41, 5.74) is 8.70. The number of hydrogen-bond acceptors (Lipinski definition) is 6. The maximum absolute atomic E-state index is 12.6. The zero-order valence-electron chi connectivity index (χ0n) is 14.9. The molecular weight excluding hydrogens is 376 g/mol.